The zero-order valence-corrected chi connectivity index (χ0v) is 23.2. The number of allylic oxidation sites excluding steroid dienone is 2. The molecule has 38 heavy (non-hydrogen) atoms. The average molecular weight is 511 g/mol. The van der Waals surface area contributed by atoms with E-state index in [2.05, 4.69) is 73.8 Å². The second kappa shape index (κ2) is 9.70. The minimum absolute atomic E-state index is 0.0283. The lowest BCUT2D eigenvalue weighted by atomic mass is 9.49. The van der Waals surface area contributed by atoms with Crippen molar-refractivity contribution >= 4 is 11.8 Å². The highest BCUT2D eigenvalue weighted by Crippen LogP contribution is 2.66. The SMILES string of the molecule is CN1C(=O)CC[C@@]2(C)C1=CC[C@H]1[C@@H]3CC[C@H](C(=O)NC(Cc4ccccc4)c4ccccc4)[C@@]3(C)CC[C@@H]12. The number of amides is 2. The summed E-state index contributed by atoms with van der Waals surface area (Å²) in [7, 11) is 1.97. The highest BCUT2D eigenvalue weighted by atomic mass is 16.2. The minimum Gasteiger partial charge on any atom is -0.349 e. The summed E-state index contributed by atoms with van der Waals surface area (Å²) in [5.41, 5.74) is 3.80. The van der Waals surface area contributed by atoms with E-state index in [1.54, 1.807) is 0 Å². The molecular weight excluding hydrogens is 468 g/mol. The van der Waals surface area contributed by atoms with Gasteiger partial charge in [-0.2, -0.15) is 0 Å². The standard InChI is InChI=1S/C34H42N2O2/c1-33-20-18-27-25(14-17-30-34(27,2)21-19-31(37)36(30)3)26(33)15-16-28(33)32(38)35-29(24-12-8-5-9-13-24)22-23-10-6-4-7-11-23/h4-13,17,25-29H,14-16,18-22H2,1-3H3,(H,35,38)/t25-,26-,27-,28+,29?,33-,34+/m0/s1. The molecule has 1 aliphatic heterocycles. The number of nitrogens with one attached hydrogen (secondary N) is 1. The molecule has 7 atom stereocenters. The van der Waals surface area contributed by atoms with Gasteiger partial charge in [0.25, 0.3) is 0 Å². The monoisotopic (exact) mass is 510 g/mol. The van der Waals surface area contributed by atoms with Crippen LogP contribution in [0.5, 0.6) is 0 Å². The molecule has 0 radical (unpaired) electrons. The Bertz CT molecular complexity index is 1220. The van der Waals surface area contributed by atoms with Crippen molar-refractivity contribution in [3.63, 3.8) is 0 Å². The van der Waals surface area contributed by atoms with Crippen LogP contribution in [0.4, 0.5) is 0 Å². The normalized spacial score (nSPS) is 35.0. The molecule has 2 amide bonds. The van der Waals surface area contributed by atoms with Crippen molar-refractivity contribution in [2.75, 3.05) is 7.05 Å². The Morgan fingerprint density at radius 1 is 0.974 bits per heavy atom. The summed E-state index contributed by atoms with van der Waals surface area (Å²) in [5.74, 6) is 2.33. The molecule has 0 bridgehead atoms. The van der Waals surface area contributed by atoms with Crippen LogP contribution in [0.15, 0.2) is 72.4 Å². The predicted molar refractivity (Wildman–Crippen MR) is 151 cm³/mol. The third kappa shape index (κ3) is 4.12. The van der Waals surface area contributed by atoms with Gasteiger partial charge in [-0.25, -0.2) is 0 Å². The maximum atomic E-state index is 14.0. The van der Waals surface area contributed by atoms with Crippen LogP contribution in [0.2, 0.25) is 0 Å². The van der Waals surface area contributed by atoms with Gasteiger partial charge in [0.15, 0.2) is 0 Å². The number of hydrogen-bond acceptors (Lipinski definition) is 2. The van der Waals surface area contributed by atoms with Gasteiger partial charge in [-0.3, -0.25) is 9.59 Å². The van der Waals surface area contributed by atoms with Gasteiger partial charge in [0.2, 0.25) is 11.8 Å². The Morgan fingerprint density at radius 3 is 2.42 bits per heavy atom. The summed E-state index contributed by atoms with van der Waals surface area (Å²) in [6.45, 7) is 4.83. The summed E-state index contributed by atoms with van der Waals surface area (Å²) in [6.07, 6.45) is 10.2. The lowest BCUT2D eigenvalue weighted by Gasteiger charge is -2.58. The Morgan fingerprint density at radius 2 is 1.68 bits per heavy atom. The maximum absolute atomic E-state index is 14.0. The molecule has 0 spiro atoms. The molecule has 4 heteroatoms. The zero-order chi connectivity index (χ0) is 26.5. The first-order valence-electron chi connectivity index (χ1n) is 14.7. The van der Waals surface area contributed by atoms with Crippen molar-refractivity contribution in [1.82, 2.24) is 10.2 Å². The van der Waals surface area contributed by atoms with Gasteiger partial charge in [0.1, 0.15) is 0 Å². The van der Waals surface area contributed by atoms with Crippen LogP contribution in [0.1, 0.15) is 76.0 Å². The van der Waals surface area contributed by atoms with Crippen molar-refractivity contribution < 1.29 is 9.59 Å². The number of likely N-dealkylation sites (tertiary alicyclic amines) is 1. The topological polar surface area (TPSA) is 49.4 Å². The fraction of sp³-hybridized carbons (Fsp3) is 0.529. The molecule has 1 N–H and O–H groups in total. The summed E-state index contributed by atoms with van der Waals surface area (Å²) < 4.78 is 0. The van der Waals surface area contributed by atoms with E-state index in [4.69, 9.17) is 0 Å². The second-order valence-electron chi connectivity index (χ2n) is 12.9. The Balaban J connectivity index is 1.23. The van der Waals surface area contributed by atoms with Crippen LogP contribution in [0.25, 0.3) is 0 Å². The van der Waals surface area contributed by atoms with Gasteiger partial charge < -0.3 is 10.2 Å². The number of hydrogen-bond donors (Lipinski definition) is 1. The fourth-order valence-electron chi connectivity index (χ4n) is 9.07. The van der Waals surface area contributed by atoms with E-state index >= 15 is 0 Å². The van der Waals surface area contributed by atoms with Crippen LogP contribution in [-0.2, 0) is 16.0 Å². The van der Waals surface area contributed by atoms with Crippen LogP contribution >= 0.6 is 0 Å². The van der Waals surface area contributed by atoms with Crippen molar-refractivity contribution in [3.8, 4) is 0 Å². The molecule has 1 heterocycles. The highest BCUT2D eigenvalue weighted by molar-refractivity contribution is 5.81. The van der Waals surface area contributed by atoms with E-state index < -0.39 is 0 Å². The number of nitrogens with zero attached hydrogens (tertiary/aromatic N) is 1. The Labute approximate surface area is 227 Å². The first-order valence-corrected chi connectivity index (χ1v) is 14.7. The molecule has 6 rings (SSSR count). The third-order valence-corrected chi connectivity index (χ3v) is 11.1. The Kier molecular flexibility index (Phi) is 6.48. The van der Waals surface area contributed by atoms with Crippen LogP contribution < -0.4 is 5.32 Å². The van der Waals surface area contributed by atoms with E-state index in [0.717, 1.165) is 44.9 Å². The Hall–Kier alpha value is -2.88. The van der Waals surface area contributed by atoms with Gasteiger partial charge in [0.05, 0.1) is 6.04 Å². The summed E-state index contributed by atoms with van der Waals surface area (Å²) in [4.78, 5) is 28.4. The summed E-state index contributed by atoms with van der Waals surface area (Å²) in [6, 6.07) is 20.9. The van der Waals surface area contributed by atoms with Crippen LogP contribution in [0.3, 0.4) is 0 Å². The van der Waals surface area contributed by atoms with Crippen LogP contribution in [-0.4, -0.2) is 23.8 Å². The molecule has 4 aliphatic rings. The molecule has 200 valence electrons. The number of carbonyl (C=O) groups is 2. The van der Waals surface area contributed by atoms with E-state index in [9.17, 15) is 9.59 Å². The number of piperidine rings is 1. The molecule has 3 aliphatic carbocycles. The second-order valence-corrected chi connectivity index (χ2v) is 12.9. The zero-order valence-electron chi connectivity index (χ0n) is 23.2. The van der Waals surface area contributed by atoms with E-state index in [-0.39, 0.29) is 34.6 Å². The summed E-state index contributed by atoms with van der Waals surface area (Å²) >= 11 is 0. The average Bonchev–Trinajstić information content (AvgIpc) is 3.29. The van der Waals surface area contributed by atoms with Gasteiger partial charge in [-0.1, -0.05) is 80.6 Å². The fourth-order valence-corrected chi connectivity index (χ4v) is 9.07. The van der Waals surface area contributed by atoms with Crippen molar-refractivity contribution in [2.24, 2.45) is 34.5 Å². The van der Waals surface area contributed by atoms with Crippen molar-refractivity contribution in [3.05, 3.63) is 83.6 Å². The number of fused-ring (bicyclic) bond motifs is 5. The molecule has 0 aromatic heterocycles. The van der Waals surface area contributed by atoms with E-state index in [0.29, 0.717) is 24.2 Å². The number of benzene rings is 2. The first kappa shape index (κ1) is 25.4. The lowest BCUT2D eigenvalue weighted by Crippen LogP contribution is -2.54. The molecule has 4 nitrogen and oxygen atoms in total. The summed E-state index contributed by atoms with van der Waals surface area (Å²) in [5, 5.41) is 3.52. The third-order valence-electron chi connectivity index (χ3n) is 11.1. The van der Waals surface area contributed by atoms with Gasteiger partial charge in [0, 0.05) is 30.5 Å². The lowest BCUT2D eigenvalue weighted by molar-refractivity contribution is -0.138. The quantitative estimate of drug-likeness (QED) is 0.487. The molecule has 3 fully saturated rings. The molecule has 1 saturated heterocycles. The first-order chi connectivity index (χ1) is 18.3. The highest BCUT2D eigenvalue weighted by Gasteiger charge is 2.60. The number of carbonyl (C=O) groups excluding carboxylic acids is 2. The van der Waals surface area contributed by atoms with Gasteiger partial charge >= 0.3 is 0 Å². The van der Waals surface area contributed by atoms with Crippen LogP contribution in [0, 0.1) is 34.5 Å². The molecular formula is C34H42N2O2. The van der Waals surface area contributed by atoms with E-state index in [1.807, 2.05) is 24.1 Å². The van der Waals surface area contributed by atoms with Crippen molar-refractivity contribution in [1.29, 1.82) is 0 Å². The maximum Gasteiger partial charge on any atom is 0.226 e. The molecule has 1 unspecified atom stereocenters. The smallest absolute Gasteiger partial charge is 0.226 e. The molecule has 2 aromatic carbocycles. The number of rotatable bonds is 5. The largest absolute Gasteiger partial charge is 0.349 e. The van der Waals surface area contributed by atoms with E-state index in [1.165, 1.54) is 16.8 Å². The molecule has 2 aromatic rings. The van der Waals surface area contributed by atoms with Crippen molar-refractivity contribution in [2.45, 2.75) is 71.3 Å². The van der Waals surface area contributed by atoms with Gasteiger partial charge in [-0.05, 0) is 79.2 Å². The minimum atomic E-state index is -0.0283. The predicted octanol–water partition coefficient (Wildman–Crippen LogP) is 6.69. The van der Waals surface area contributed by atoms with Gasteiger partial charge in [-0.15, -0.1) is 0 Å². The molecule has 2 saturated carbocycles.